The Labute approximate surface area is 113 Å². The first kappa shape index (κ1) is 14.0. The first-order valence-corrected chi connectivity index (χ1v) is 6.80. The van der Waals surface area contributed by atoms with Crippen molar-refractivity contribution in [2.75, 3.05) is 13.2 Å². The van der Waals surface area contributed by atoms with Crippen LogP contribution in [0.1, 0.15) is 36.8 Å². The van der Waals surface area contributed by atoms with Crippen LogP contribution in [0.4, 0.5) is 4.39 Å². The molecule has 0 heterocycles. The Kier molecular flexibility index (Phi) is 5.31. The lowest BCUT2D eigenvalue weighted by atomic mass is 10.1. The van der Waals surface area contributed by atoms with E-state index in [1.807, 2.05) is 6.07 Å². The van der Waals surface area contributed by atoms with Gasteiger partial charge in [-0.05, 0) is 25.0 Å². The summed E-state index contributed by atoms with van der Waals surface area (Å²) in [6, 6.07) is 6.48. The van der Waals surface area contributed by atoms with Gasteiger partial charge in [-0.3, -0.25) is 0 Å². The fraction of sp³-hybridized carbons (Fsp3) is 0.533. The van der Waals surface area contributed by atoms with Gasteiger partial charge in [-0.25, -0.2) is 4.39 Å². The number of halogens is 1. The molecular formula is C15H19FN2O. The molecule has 4 heteroatoms. The second-order valence-corrected chi connectivity index (χ2v) is 4.87. The Morgan fingerprint density at radius 1 is 1.37 bits per heavy atom. The molecule has 0 amide bonds. The molecular weight excluding hydrogens is 243 g/mol. The molecule has 0 spiro atoms. The lowest BCUT2D eigenvalue weighted by Gasteiger charge is -2.11. The van der Waals surface area contributed by atoms with Crippen molar-refractivity contribution in [3.05, 3.63) is 35.1 Å². The van der Waals surface area contributed by atoms with Gasteiger partial charge in [-0.15, -0.1) is 0 Å². The van der Waals surface area contributed by atoms with Crippen molar-refractivity contribution in [1.29, 1.82) is 5.26 Å². The third-order valence-electron chi connectivity index (χ3n) is 3.43. The summed E-state index contributed by atoms with van der Waals surface area (Å²) in [6.45, 7) is 1.85. The van der Waals surface area contributed by atoms with Gasteiger partial charge in [0, 0.05) is 18.7 Å². The Balaban J connectivity index is 1.66. The Morgan fingerprint density at radius 3 is 2.84 bits per heavy atom. The second kappa shape index (κ2) is 7.22. The quantitative estimate of drug-likeness (QED) is 0.802. The largest absolute Gasteiger partial charge is 0.377 e. The van der Waals surface area contributed by atoms with E-state index in [0.29, 0.717) is 30.4 Å². The van der Waals surface area contributed by atoms with E-state index in [1.165, 1.54) is 31.7 Å². The van der Waals surface area contributed by atoms with E-state index in [1.54, 1.807) is 12.1 Å². The number of benzene rings is 1. The zero-order chi connectivity index (χ0) is 13.5. The van der Waals surface area contributed by atoms with Gasteiger partial charge in [0.2, 0.25) is 0 Å². The summed E-state index contributed by atoms with van der Waals surface area (Å²) < 4.78 is 19.3. The standard InChI is InChI=1S/C15H19FN2O/c16-15-9-12(10-17)5-6-13(15)11-18-7-8-19-14-3-1-2-4-14/h5-6,9,14,18H,1-4,7-8,11H2. The number of ether oxygens (including phenoxy) is 1. The summed E-state index contributed by atoms with van der Waals surface area (Å²) in [6.07, 6.45) is 5.31. The highest BCUT2D eigenvalue weighted by molar-refractivity contribution is 5.32. The number of rotatable bonds is 6. The first-order chi connectivity index (χ1) is 9.29. The summed E-state index contributed by atoms with van der Waals surface area (Å²) in [5.74, 6) is -0.330. The molecule has 102 valence electrons. The summed E-state index contributed by atoms with van der Waals surface area (Å²) in [5, 5.41) is 11.8. The van der Waals surface area contributed by atoms with Crippen molar-refractivity contribution in [2.45, 2.75) is 38.3 Å². The number of hydrogen-bond donors (Lipinski definition) is 1. The van der Waals surface area contributed by atoms with Crippen molar-refractivity contribution < 1.29 is 9.13 Å². The van der Waals surface area contributed by atoms with E-state index in [0.717, 1.165) is 6.54 Å². The molecule has 0 unspecified atom stereocenters. The molecule has 1 fully saturated rings. The molecule has 0 aromatic heterocycles. The maximum absolute atomic E-state index is 13.6. The van der Waals surface area contributed by atoms with Crippen LogP contribution in [0, 0.1) is 17.1 Å². The van der Waals surface area contributed by atoms with E-state index in [-0.39, 0.29) is 5.82 Å². The van der Waals surface area contributed by atoms with Crippen LogP contribution in [0.5, 0.6) is 0 Å². The molecule has 0 saturated heterocycles. The molecule has 2 rings (SSSR count). The second-order valence-electron chi connectivity index (χ2n) is 4.87. The molecule has 1 aromatic rings. The molecule has 19 heavy (non-hydrogen) atoms. The zero-order valence-electron chi connectivity index (χ0n) is 11.0. The van der Waals surface area contributed by atoms with Crippen LogP contribution in [-0.4, -0.2) is 19.3 Å². The minimum Gasteiger partial charge on any atom is -0.377 e. The van der Waals surface area contributed by atoms with Crippen LogP contribution in [-0.2, 0) is 11.3 Å². The van der Waals surface area contributed by atoms with Crippen LogP contribution in [0.15, 0.2) is 18.2 Å². The fourth-order valence-corrected chi connectivity index (χ4v) is 2.34. The molecule has 0 aliphatic heterocycles. The van der Waals surface area contributed by atoms with Gasteiger partial charge < -0.3 is 10.1 Å². The molecule has 3 nitrogen and oxygen atoms in total. The van der Waals surface area contributed by atoms with Crippen molar-refractivity contribution in [2.24, 2.45) is 0 Å². The summed E-state index contributed by atoms with van der Waals surface area (Å²) in [4.78, 5) is 0. The summed E-state index contributed by atoms with van der Waals surface area (Å²) in [5.41, 5.74) is 0.936. The molecule has 1 aliphatic rings. The van der Waals surface area contributed by atoms with E-state index in [4.69, 9.17) is 10.00 Å². The molecule has 1 aromatic carbocycles. The third-order valence-corrected chi connectivity index (χ3v) is 3.43. The highest BCUT2D eigenvalue weighted by Gasteiger charge is 2.14. The van der Waals surface area contributed by atoms with Gasteiger partial charge in [-0.2, -0.15) is 5.26 Å². The molecule has 1 saturated carbocycles. The highest BCUT2D eigenvalue weighted by Crippen LogP contribution is 2.20. The minimum absolute atomic E-state index is 0.330. The minimum atomic E-state index is -0.330. The Morgan fingerprint density at radius 2 is 2.16 bits per heavy atom. The summed E-state index contributed by atoms with van der Waals surface area (Å²) >= 11 is 0. The Bertz CT molecular complexity index is 450. The molecule has 1 aliphatic carbocycles. The maximum Gasteiger partial charge on any atom is 0.129 e. The number of hydrogen-bond acceptors (Lipinski definition) is 3. The van der Waals surface area contributed by atoms with Crippen LogP contribution >= 0.6 is 0 Å². The molecule has 0 radical (unpaired) electrons. The fourth-order valence-electron chi connectivity index (χ4n) is 2.34. The van der Waals surface area contributed by atoms with Gasteiger partial charge in [0.05, 0.1) is 24.3 Å². The van der Waals surface area contributed by atoms with Gasteiger partial charge in [0.1, 0.15) is 5.82 Å². The van der Waals surface area contributed by atoms with Gasteiger partial charge in [0.25, 0.3) is 0 Å². The monoisotopic (exact) mass is 262 g/mol. The average molecular weight is 262 g/mol. The van der Waals surface area contributed by atoms with Crippen LogP contribution in [0.25, 0.3) is 0 Å². The zero-order valence-corrected chi connectivity index (χ0v) is 11.0. The number of nitrogens with zero attached hydrogens (tertiary/aromatic N) is 1. The third kappa shape index (κ3) is 4.30. The van der Waals surface area contributed by atoms with Gasteiger partial charge >= 0.3 is 0 Å². The maximum atomic E-state index is 13.6. The number of nitriles is 1. The van der Waals surface area contributed by atoms with Crippen molar-refractivity contribution in [1.82, 2.24) is 5.32 Å². The Hall–Kier alpha value is -1.44. The van der Waals surface area contributed by atoms with Crippen LogP contribution < -0.4 is 5.32 Å². The molecule has 0 bridgehead atoms. The van der Waals surface area contributed by atoms with Crippen LogP contribution in [0.3, 0.4) is 0 Å². The predicted molar refractivity (Wildman–Crippen MR) is 71.0 cm³/mol. The normalized spacial score (nSPS) is 15.6. The van der Waals surface area contributed by atoms with E-state index < -0.39 is 0 Å². The lowest BCUT2D eigenvalue weighted by molar-refractivity contribution is 0.0602. The van der Waals surface area contributed by atoms with E-state index >= 15 is 0 Å². The van der Waals surface area contributed by atoms with Crippen molar-refractivity contribution in [3.63, 3.8) is 0 Å². The molecule has 1 N–H and O–H groups in total. The first-order valence-electron chi connectivity index (χ1n) is 6.80. The number of nitrogens with one attached hydrogen (secondary N) is 1. The van der Waals surface area contributed by atoms with Crippen molar-refractivity contribution in [3.8, 4) is 6.07 Å². The smallest absolute Gasteiger partial charge is 0.129 e. The van der Waals surface area contributed by atoms with Gasteiger partial charge in [0.15, 0.2) is 0 Å². The van der Waals surface area contributed by atoms with E-state index in [2.05, 4.69) is 5.32 Å². The van der Waals surface area contributed by atoms with Crippen molar-refractivity contribution >= 4 is 0 Å². The van der Waals surface area contributed by atoms with Gasteiger partial charge in [-0.1, -0.05) is 18.9 Å². The topological polar surface area (TPSA) is 45.0 Å². The average Bonchev–Trinajstić information content (AvgIpc) is 2.93. The van der Waals surface area contributed by atoms with Crippen LogP contribution in [0.2, 0.25) is 0 Å². The van der Waals surface area contributed by atoms with E-state index in [9.17, 15) is 4.39 Å². The molecule has 0 atom stereocenters. The predicted octanol–water partition coefficient (Wildman–Crippen LogP) is 2.75. The highest BCUT2D eigenvalue weighted by atomic mass is 19.1. The summed E-state index contributed by atoms with van der Waals surface area (Å²) in [7, 11) is 0. The lowest BCUT2D eigenvalue weighted by Crippen LogP contribution is -2.22. The SMILES string of the molecule is N#Cc1ccc(CNCCOC2CCCC2)c(F)c1.